The second-order valence-electron chi connectivity index (χ2n) is 6.94. The van der Waals surface area contributed by atoms with E-state index in [1.54, 1.807) is 42.7 Å². The Morgan fingerprint density at radius 2 is 2.07 bits per heavy atom. The van der Waals surface area contributed by atoms with Crippen molar-refractivity contribution in [1.82, 2.24) is 14.7 Å². The van der Waals surface area contributed by atoms with Gasteiger partial charge in [-0.2, -0.15) is 0 Å². The summed E-state index contributed by atoms with van der Waals surface area (Å²) in [7, 11) is 0. The monoisotopic (exact) mass is 420 g/mol. The second-order valence-corrected chi connectivity index (χ2v) is 8.68. The lowest BCUT2D eigenvalue weighted by molar-refractivity contribution is -0.115. The molecule has 0 saturated carbocycles. The molecule has 0 spiro atoms. The molecule has 3 rings (SSSR count). The lowest BCUT2D eigenvalue weighted by Crippen LogP contribution is -2.28. The van der Waals surface area contributed by atoms with E-state index in [0.717, 1.165) is 0 Å². The Morgan fingerprint density at radius 1 is 1.32 bits per heavy atom. The molecule has 148 valence electrons. The number of carbonyl (C=O) groups excluding carboxylic acids is 1. The van der Waals surface area contributed by atoms with Crippen LogP contribution in [0.25, 0.3) is 10.9 Å². The Labute approximate surface area is 171 Å². The number of carbonyl (C=O) groups is 1. The van der Waals surface area contributed by atoms with Crippen molar-refractivity contribution in [3.63, 3.8) is 0 Å². The number of amides is 1. The molecule has 3 aromatic rings. The minimum absolute atomic E-state index is 0.163. The molecule has 1 amide bonds. The molecule has 1 aromatic carbocycles. The highest BCUT2D eigenvalue weighted by Crippen LogP contribution is 2.25. The van der Waals surface area contributed by atoms with E-state index in [-0.39, 0.29) is 17.4 Å². The smallest absolute Gasteiger partial charge is 0.262 e. The molecule has 0 aliphatic carbocycles. The Balaban J connectivity index is 1.93. The van der Waals surface area contributed by atoms with Gasteiger partial charge < -0.3 is 9.84 Å². The molecular formula is C19H21ClN4O3S. The average Bonchev–Trinajstić information content (AvgIpc) is 3.03. The third kappa shape index (κ3) is 4.56. The van der Waals surface area contributed by atoms with Gasteiger partial charge in [-0.1, -0.05) is 42.4 Å². The SMILES string of the molecule is Cc1cc(NC(=O)[C@H](C)Sc2nc3ccc(Cl)cc3c(=O)n2CC(C)C)no1. The Kier molecular flexibility index (Phi) is 6.10. The van der Waals surface area contributed by atoms with Gasteiger partial charge >= 0.3 is 0 Å². The number of hydrogen-bond acceptors (Lipinski definition) is 6. The van der Waals surface area contributed by atoms with Crippen LogP contribution >= 0.6 is 23.4 Å². The number of rotatable bonds is 6. The van der Waals surface area contributed by atoms with Crippen molar-refractivity contribution in [1.29, 1.82) is 0 Å². The molecule has 0 bridgehead atoms. The molecule has 1 atom stereocenters. The first-order chi connectivity index (χ1) is 13.2. The Morgan fingerprint density at radius 3 is 2.71 bits per heavy atom. The molecule has 28 heavy (non-hydrogen) atoms. The van der Waals surface area contributed by atoms with Gasteiger partial charge in [0.1, 0.15) is 5.76 Å². The fourth-order valence-corrected chi connectivity index (χ4v) is 3.74. The first kappa shape index (κ1) is 20.4. The number of halogens is 1. The van der Waals surface area contributed by atoms with Crippen LogP contribution < -0.4 is 10.9 Å². The summed E-state index contributed by atoms with van der Waals surface area (Å²) >= 11 is 7.27. The van der Waals surface area contributed by atoms with Crippen molar-refractivity contribution in [3.05, 3.63) is 45.4 Å². The van der Waals surface area contributed by atoms with Gasteiger partial charge in [-0.05, 0) is 38.0 Å². The van der Waals surface area contributed by atoms with Crippen LogP contribution in [0, 0.1) is 12.8 Å². The number of aryl methyl sites for hydroxylation is 1. The van der Waals surface area contributed by atoms with Crippen molar-refractivity contribution in [2.24, 2.45) is 5.92 Å². The summed E-state index contributed by atoms with van der Waals surface area (Å²) < 4.78 is 6.57. The van der Waals surface area contributed by atoms with E-state index in [1.807, 2.05) is 13.8 Å². The summed E-state index contributed by atoms with van der Waals surface area (Å²) in [5.41, 5.74) is 0.389. The largest absolute Gasteiger partial charge is 0.360 e. The van der Waals surface area contributed by atoms with Gasteiger partial charge in [0.25, 0.3) is 5.56 Å². The number of thioether (sulfide) groups is 1. The third-order valence-corrected chi connectivity index (χ3v) is 5.28. The lowest BCUT2D eigenvalue weighted by Gasteiger charge is -2.17. The van der Waals surface area contributed by atoms with Crippen molar-refractivity contribution in [2.75, 3.05) is 5.32 Å². The fraction of sp³-hybridized carbons (Fsp3) is 0.368. The first-order valence-electron chi connectivity index (χ1n) is 8.85. The molecule has 2 aromatic heterocycles. The summed E-state index contributed by atoms with van der Waals surface area (Å²) in [6.45, 7) is 8.03. The molecule has 0 aliphatic heterocycles. The molecule has 0 radical (unpaired) electrons. The molecule has 1 N–H and O–H groups in total. The second kappa shape index (κ2) is 8.36. The molecule has 0 unspecified atom stereocenters. The standard InChI is InChI=1S/C19H21ClN4O3S/c1-10(2)9-24-18(26)14-8-13(20)5-6-15(14)21-19(24)28-12(4)17(25)22-16-7-11(3)27-23-16/h5-8,10,12H,9H2,1-4H3,(H,22,23,25)/t12-/m0/s1. The van der Waals surface area contributed by atoms with Gasteiger partial charge in [0.2, 0.25) is 5.91 Å². The normalized spacial score (nSPS) is 12.5. The maximum atomic E-state index is 13.0. The predicted molar refractivity (Wildman–Crippen MR) is 111 cm³/mol. The molecule has 7 nitrogen and oxygen atoms in total. The highest BCUT2D eigenvalue weighted by molar-refractivity contribution is 8.00. The summed E-state index contributed by atoms with van der Waals surface area (Å²) in [5.74, 6) is 0.949. The summed E-state index contributed by atoms with van der Waals surface area (Å²) in [6.07, 6.45) is 0. The minimum Gasteiger partial charge on any atom is -0.360 e. The van der Waals surface area contributed by atoms with Crippen LogP contribution in [0.3, 0.4) is 0 Å². The summed E-state index contributed by atoms with van der Waals surface area (Å²) in [5, 5.41) is 7.42. The van der Waals surface area contributed by atoms with Crippen LogP contribution in [0.5, 0.6) is 0 Å². The van der Waals surface area contributed by atoms with Gasteiger partial charge in [-0.15, -0.1) is 0 Å². The van der Waals surface area contributed by atoms with Gasteiger partial charge in [-0.25, -0.2) is 4.98 Å². The van der Waals surface area contributed by atoms with Crippen molar-refractivity contribution in [2.45, 2.75) is 44.6 Å². The number of nitrogens with zero attached hydrogens (tertiary/aromatic N) is 3. The number of benzene rings is 1. The van der Waals surface area contributed by atoms with Gasteiger partial charge in [0, 0.05) is 17.6 Å². The van der Waals surface area contributed by atoms with E-state index in [1.165, 1.54) is 11.8 Å². The maximum Gasteiger partial charge on any atom is 0.262 e. The summed E-state index contributed by atoms with van der Waals surface area (Å²) in [6, 6.07) is 6.68. The van der Waals surface area contributed by atoms with E-state index in [9.17, 15) is 9.59 Å². The number of hydrogen-bond donors (Lipinski definition) is 1. The zero-order valence-electron chi connectivity index (χ0n) is 16.0. The Hall–Kier alpha value is -2.32. The lowest BCUT2D eigenvalue weighted by atomic mass is 10.2. The highest BCUT2D eigenvalue weighted by atomic mass is 35.5. The fourth-order valence-electron chi connectivity index (χ4n) is 2.65. The van der Waals surface area contributed by atoms with Crippen LogP contribution in [0.15, 0.2) is 38.7 Å². The summed E-state index contributed by atoms with van der Waals surface area (Å²) in [4.78, 5) is 30.1. The van der Waals surface area contributed by atoms with Gasteiger partial charge in [0.05, 0.1) is 16.2 Å². The molecule has 0 aliphatic rings. The number of anilines is 1. The van der Waals surface area contributed by atoms with Crippen molar-refractivity contribution in [3.8, 4) is 0 Å². The quantitative estimate of drug-likeness (QED) is 0.476. The number of aromatic nitrogens is 3. The maximum absolute atomic E-state index is 13.0. The highest BCUT2D eigenvalue weighted by Gasteiger charge is 2.21. The van der Waals surface area contributed by atoms with Gasteiger partial charge in [0.15, 0.2) is 11.0 Å². The number of fused-ring (bicyclic) bond motifs is 1. The molecule has 9 heteroatoms. The van der Waals surface area contributed by atoms with Crippen LogP contribution in [-0.4, -0.2) is 25.9 Å². The molecular weight excluding hydrogens is 400 g/mol. The Bertz CT molecular complexity index is 1080. The van der Waals surface area contributed by atoms with E-state index < -0.39 is 5.25 Å². The topological polar surface area (TPSA) is 90.0 Å². The zero-order chi connectivity index (χ0) is 20.4. The third-order valence-electron chi connectivity index (χ3n) is 3.96. The van der Waals surface area contributed by atoms with Crippen LogP contribution in [0.4, 0.5) is 5.82 Å². The van der Waals surface area contributed by atoms with Gasteiger partial charge in [-0.3, -0.25) is 14.2 Å². The minimum atomic E-state index is -0.493. The molecule has 0 fully saturated rings. The van der Waals surface area contributed by atoms with E-state index >= 15 is 0 Å². The average molecular weight is 421 g/mol. The predicted octanol–water partition coefficient (Wildman–Crippen LogP) is 4.12. The molecule has 2 heterocycles. The van der Waals surface area contributed by atoms with Crippen molar-refractivity contribution < 1.29 is 9.32 Å². The van der Waals surface area contributed by atoms with E-state index in [2.05, 4.69) is 15.5 Å². The van der Waals surface area contributed by atoms with Crippen LogP contribution in [0.1, 0.15) is 26.5 Å². The van der Waals surface area contributed by atoms with E-state index in [4.69, 9.17) is 16.1 Å². The zero-order valence-corrected chi connectivity index (χ0v) is 17.6. The number of nitrogens with one attached hydrogen (secondary N) is 1. The van der Waals surface area contributed by atoms with E-state index in [0.29, 0.717) is 39.2 Å². The first-order valence-corrected chi connectivity index (χ1v) is 10.1. The van der Waals surface area contributed by atoms with Crippen molar-refractivity contribution >= 4 is 46.0 Å². The van der Waals surface area contributed by atoms with Crippen LogP contribution in [-0.2, 0) is 11.3 Å². The van der Waals surface area contributed by atoms with Crippen LogP contribution in [0.2, 0.25) is 5.02 Å². The molecule has 0 saturated heterocycles.